The maximum Gasteiger partial charge on any atom is 0.435 e. The smallest absolute Gasteiger partial charge is 0.435 e. The number of rotatable bonds is 15. The zero-order chi connectivity index (χ0) is 53.4. The number of nitrogens with zero attached hydrogens (tertiary/aromatic N) is 6. The van der Waals surface area contributed by atoms with Crippen molar-refractivity contribution >= 4 is 61.0 Å². The monoisotopic (exact) mass is 1080 g/mol. The number of benzene rings is 2. The third-order valence-electron chi connectivity index (χ3n) is 12.1. The van der Waals surface area contributed by atoms with E-state index in [2.05, 4.69) is 32.3 Å². The molecule has 2 aromatic carbocycles. The number of fused-ring (bicyclic) bond motifs is 4. The molecule has 2 N–H and O–H groups in total. The first kappa shape index (κ1) is 53.5. The summed E-state index contributed by atoms with van der Waals surface area (Å²) < 4.78 is 196. The van der Waals surface area contributed by atoms with Crippen molar-refractivity contribution in [3.8, 4) is 23.0 Å². The molecule has 0 spiro atoms. The number of aliphatic carboxylic acids is 1. The number of thiol groups is 1. The Balaban J connectivity index is 1.45. The number of halogens is 11. The molecule has 28 heteroatoms. The standard InChI is InChI=1S/C44H38ClF10N7O8S2/c1-20(11-33(64)65)40(66)62(71(67)68)17-31-35-29(45)8-7-26(37(35)61(58-31)19-42(48,49)50)25-6-5-24(9-10-41(2,3)72(4,69)70)56-36(25)30(14-21-12-22(46)15-23(47)13-21)57-32(63)18-60-39-34(38(59-60)44(53,54)55)27-16-28(27)43(39,51)52/h5-8,12-13,15,20,27-28,30,71H,11,14,16-19H2,1-4H3,(H,57,63)(H,64,65)/t20?,27-,28+,30?/m0/s1. The van der Waals surface area contributed by atoms with Gasteiger partial charge in [-0.25, -0.2) is 34.9 Å². The predicted octanol–water partition coefficient (Wildman–Crippen LogP) is 7.26. The lowest BCUT2D eigenvalue weighted by Gasteiger charge is -2.23. The fourth-order valence-electron chi connectivity index (χ4n) is 8.42. The summed E-state index contributed by atoms with van der Waals surface area (Å²) in [6.45, 7) is -0.745. The maximum absolute atomic E-state index is 15.6. The summed E-state index contributed by atoms with van der Waals surface area (Å²) in [7, 11) is -7.81. The van der Waals surface area contributed by atoms with Crippen molar-refractivity contribution in [1.29, 1.82) is 0 Å². The van der Waals surface area contributed by atoms with Gasteiger partial charge in [0.2, 0.25) is 22.7 Å². The number of aromatic nitrogens is 5. The van der Waals surface area contributed by atoms with Crippen molar-refractivity contribution in [2.45, 2.75) is 94.6 Å². The van der Waals surface area contributed by atoms with E-state index in [1.807, 2.05) is 0 Å². The summed E-state index contributed by atoms with van der Waals surface area (Å²) >= 11 is 6.60. The number of pyridine rings is 1. The minimum Gasteiger partial charge on any atom is -0.481 e. The van der Waals surface area contributed by atoms with Crippen molar-refractivity contribution in [1.82, 2.24) is 34.2 Å². The number of sulfone groups is 1. The summed E-state index contributed by atoms with van der Waals surface area (Å²) in [6.07, 6.45) is -11.3. The van der Waals surface area contributed by atoms with Crippen molar-refractivity contribution in [3.63, 3.8) is 0 Å². The molecule has 3 heterocycles. The molecule has 0 bridgehead atoms. The first-order chi connectivity index (χ1) is 33.2. The number of nitrogens with one attached hydrogen (secondary N) is 1. The molecule has 5 aromatic rings. The molecule has 2 aliphatic carbocycles. The topological polar surface area (TPSA) is 204 Å². The molecule has 386 valence electrons. The minimum absolute atomic E-state index is 0.152. The number of hydrogen-bond donors (Lipinski definition) is 3. The van der Waals surface area contributed by atoms with Crippen LogP contribution in [0.1, 0.15) is 85.2 Å². The highest BCUT2D eigenvalue weighted by Gasteiger charge is 2.68. The van der Waals surface area contributed by atoms with E-state index in [-0.39, 0.29) is 42.8 Å². The Hall–Kier alpha value is -6.27. The molecule has 15 nitrogen and oxygen atoms in total. The summed E-state index contributed by atoms with van der Waals surface area (Å²) in [5.41, 5.74) is -6.24. The van der Waals surface area contributed by atoms with E-state index >= 15 is 8.78 Å². The van der Waals surface area contributed by atoms with E-state index in [1.54, 1.807) is 0 Å². The number of carboxylic acid groups (broad SMARTS) is 1. The molecule has 2 unspecified atom stereocenters. The average Bonchev–Trinajstić information content (AvgIpc) is 3.75. The average molecular weight is 1080 g/mol. The van der Waals surface area contributed by atoms with Gasteiger partial charge in [-0.15, -0.1) is 0 Å². The van der Waals surface area contributed by atoms with Gasteiger partial charge in [0.1, 0.15) is 40.9 Å². The zero-order valence-electron chi connectivity index (χ0n) is 37.6. The Morgan fingerprint density at radius 3 is 2.22 bits per heavy atom. The van der Waals surface area contributed by atoms with Gasteiger partial charge in [0.05, 0.1) is 40.9 Å². The lowest BCUT2D eigenvalue weighted by atomic mass is 9.93. The Morgan fingerprint density at radius 2 is 1.64 bits per heavy atom. The van der Waals surface area contributed by atoms with E-state index in [4.69, 9.17) is 11.6 Å². The van der Waals surface area contributed by atoms with Crippen molar-refractivity contribution < 1.29 is 80.2 Å². The van der Waals surface area contributed by atoms with Gasteiger partial charge in [0.25, 0.3) is 5.92 Å². The predicted molar refractivity (Wildman–Crippen MR) is 235 cm³/mol. The minimum atomic E-state index is -5.23. The van der Waals surface area contributed by atoms with Crippen LogP contribution >= 0.6 is 11.6 Å². The lowest BCUT2D eigenvalue weighted by molar-refractivity contribution is -0.143. The molecule has 3 aromatic heterocycles. The van der Waals surface area contributed by atoms with E-state index in [1.165, 1.54) is 19.9 Å². The molecule has 1 saturated carbocycles. The van der Waals surface area contributed by atoms with Crippen LogP contribution in [0.5, 0.6) is 0 Å². The van der Waals surface area contributed by atoms with Crippen molar-refractivity contribution in [2.24, 2.45) is 11.8 Å². The van der Waals surface area contributed by atoms with Gasteiger partial charge >= 0.3 is 18.3 Å². The largest absolute Gasteiger partial charge is 0.481 e. The number of amides is 2. The number of hydrogen-bond acceptors (Lipinski definition) is 10. The second-order valence-corrected chi connectivity index (χ2v) is 21.7. The van der Waals surface area contributed by atoms with E-state index in [9.17, 15) is 71.4 Å². The third-order valence-corrected chi connectivity index (χ3v) is 15.1. The van der Waals surface area contributed by atoms with Crippen molar-refractivity contribution in [2.75, 3.05) is 6.26 Å². The Labute approximate surface area is 408 Å². The Morgan fingerprint density at radius 1 is 1.00 bits per heavy atom. The van der Waals surface area contributed by atoms with Crippen LogP contribution in [0.15, 0.2) is 42.5 Å². The van der Waals surface area contributed by atoms with Gasteiger partial charge in [0.15, 0.2) is 15.5 Å². The van der Waals surface area contributed by atoms with Crippen LogP contribution in [0.4, 0.5) is 43.9 Å². The van der Waals surface area contributed by atoms with Crippen LogP contribution < -0.4 is 5.32 Å². The molecule has 72 heavy (non-hydrogen) atoms. The van der Waals surface area contributed by atoms with Gasteiger partial charge in [-0.3, -0.25) is 23.7 Å². The number of carbonyl (C=O) groups is 3. The molecule has 2 aliphatic rings. The van der Waals surface area contributed by atoms with Crippen LogP contribution in [0, 0.1) is 35.3 Å². The van der Waals surface area contributed by atoms with Crippen LogP contribution in [0.2, 0.25) is 5.02 Å². The molecule has 7 rings (SSSR count). The van der Waals surface area contributed by atoms with Gasteiger partial charge in [-0.05, 0) is 74.4 Å². The van der Waals surface area contributed by atoms with Crippen LogP contribution in [0.3, 0.4) is 0 Å². The normalized spacial score (nSPS) is 17.2. The highest BCUT2D eigenvalue weighted by molar-refractivity contribution is 7.92. The Bertz CT molecular complexity index is 3300. The van der Waals surface area contributed by atoms with E-state index < -0.39 is 169 Å². The summed E-state index contributed by atoms with van der Waals surface area (Å²) in [4.78, 5) is 43.3. The number of carbonyl (C=O) groups excluding carboxylic acids is 2. The molecule has 0 aliphatic heterocycles. The van der Waals surface area contributed by atoms with Gasteiger partial charge in [-0.2, -0.15) is 45.3 Å². The fraction of sp³-hybridized carbons (Fsp3) is 0.409. The van der Waals surface area contributed by atoms with E-state index in [0.29, 0.717) is 10.7 Å². The third kappa shape index (κ3) is 10.9. The lowest BCUT2D eigenvalue weighted by Crippen LogP contribution is -2.35. The summed E-state index contributed by atoms with van der Waals surface area (Å²) in [5, 5.41) is 18.3. The highest BCUT2D eigenvalue weighted by atomic mass is 35.5. The second kappa shape index (κ2) is 19.0. The molecular weight excluding hydrogens is 1040 g/mol. The molecular formula is C44H38ClF10N7O8S2. The van der Waals surface area contributed by atoms with Gasteiger partial charge in [0, 0.05) is 46.2 Å². The van der Waals surface area contributed by atoms with Gasteiger partial charge in [-0.1, -0.05) is 30.5 Å². The molecule has 0 saturated heterocycles. The first-order valence-electron chi connectivity index (χ1n) is 21.1. The quantitative estimate of drug-likeness (QED) is 0.0541. The molecule has 1 fully saturated rings. The number of carboxylic acids is 1. The van der Waals surface area contributed by atoms with Gasteiger partial charge < -0.3 is 10.4 Å². The summed E-state index contributed by atoms with van der Waals surface area (Å²) in [5.74, 6) is -9.30. The van der Waals surface area contributed by atoms with E-state index in [0.717, 1.165) is 43.5 Å². The molecule has 2 amide bonds. The van der Waals surface area contributed by atoms with Crippen LogP contribution in [-0.4, -0.2) is 85.8 Å². The van der Waals surface area contributed by atoms with Crippen LogP contribution in [0.25, 0.3) is 22.0 Å². The van der Waals surface area contributed by atoms with Crippen molar-refractivity contribution in [3.05, 3.63) is 98.7 Å². The molecule has 0 radical (unpaired) electrons. The second-order valence-electron chi connectivity index (χ2n) is 17.8. The van der Waals surface area contributed by atoms with Crippen LogP contribution in [-0.2, 0) is 73.3 Å². The first-order valence-corrected chi connectivity index (χ1v) is 24.5. The molecule has 4 atom stereocenters. The summed E-state index contributed by atoms with van der Waals surface area (Å²) in [6, 6.07) is 4.88. The zero-order valence-corrected chi connectivity index (χ0v) is 40.1. The highest BCUT2D eigenvalue weighted by Crippen LogP contribution is 2.68. The number of alkyl halides is 8. The SMILES string of the molecule is CC(CC(=O)O)C(=O)N(Cc1nn(CC(F)(F)F)c2c(-c3ccc(C#CC(C)(C)S(C)(=O)=O)nc3C(Cc3cc(F)cc(F)c3)NC(=O)Cn3nc(C(F)(F)F)c4c3C(F)(F)[C@@H]3C[C@H]43)ccc(Cl)c12)[SH](=O)=O. The maximum atomic E-state index is 15.6. The fourth-order valence-corrected chi connectivity index (χ4v) is 9.53. The Kier molecular flexibility index (Phi) is 14.1.